The van der Waals surface area contributed by atoms with Crippen LogP contribution in [0.3, 0.4) is 0 Å². The largest absolute Gasteiger partial charge is 0.353 e. The molecule has 208 valence electrons. The van der Waals surface area contributed by atoms with Crippen LogP contribution in [-0.4, -0.2) is 38.4 Å². The first-order chi connectivity index (χ1) is 18.7. The quantitative estimate of drug-likeness (QED) is 0.258. The van der Waals surface area contributed by atoms with E-state index in [2.05, 4.69) is 41.6 Å². The number of sulfonamides is 2. The monoisotopic (exact) mass is 642 g/mol. The first kappa shape index (κ1) is 28.0. The number of aromatic nitrogens is 2. The van der Waals surface area contributed by atoms with Gasteiger partial charge in [-0.15, -0.1) is 0 Å². The summed E-state index contributed by atoms with van der Waals surface area (Å²) in [6.07, 6.45) is 3.32. The number of hydrogen-bond acceptors (Lipinski definition) is 7. The predicted octanol–water partition coefficient (Wildman–Crippen LogP) is 5.00. The van der Waals surface area contributed by atoms with Crippen LogP contribution < -0.4 is 15.2 Å². The van der Waals surface area contributed by atoms with Gasteiger partial charge in [-0.2, -0.15) is 0 Å². The zero-order valence-corrected chi connectivity index (χ0v) is 25.4. The van der Waals surface area contributed by atoms with E-state index >= 15 is 0 Å². The lowest BCUT2D eigenvalue weighted by Crippen LogP contribution is -2.12. The Kier molecular flexibility index (Phi) is 7.11. The molecule has 10 nitrogen and oxygen atoms in total. The Labute approximate surface area is 241 Å². The molecule has 13 heteroatoms. The number of primary sulfonamides is 1. The minimum Gasteiger partial charge on any atom is -0.353 e. The zero-order valence-electron chi connectivity index (χ0n) is 22.1. The van der Waals surface area contributed by atoms with Gasteiger partial charge < -0.3 is 9.88 Å². The molecule has 4 N–H and O–H groups in total. The minimum atomic E-state index is -3.86. The third kappa shape index (κ3) is 5.55. The van der Waals surface area contributed by atoms with Crippen molar-refractivity contribution >= 4 is 64.4 Å². The summed E-state index contributed by atoms with van der Waals surface area (Å²) in [6.45, 7) is 5.98. The fraction of sp³-hybridized carbons (Fsp3) is 0.185. The molecule has 0 bridgehead atoms. The number of nitrogens with zero attached hydrogens (tertiary/aromatic N) is 3. The van der Waals surface area contributed by atoms with Crippen LogP contribution >= 0.6 is 15.9 Å². The molecule has 0 spiro atoms. The fourth-order valence-corrected chi connectivity index (χ4v) is 6.33. The van der Waals surface area contributed by atoms with Crippen molar-refractivity contribution in [3.05, 3.63) is 87.4 Å². The first-order valence-corrected chi connectivity index (χ1v) is 16.4. The molecule has 3 heterocycles. The highest BCUT2D eigenvalue weighted by atomic mass is 79.9. The van der Waals surface area contributed by atoms with Crippen molar-refractivity contribution in [3.63, 3.8) is 0 Å². The number of nitrogens with two attached hydrogens (primary N) is 1. The van der Waals surface area contributed by atoms with Crippen molar-refractivity contribution in [1.29, 1.82) is 0 Å². The summed E-state index contributed by atoms with van der Waals surface area (Å²) < 4.78 is 52.6. The van der Waals surface area contributed by atoms with E-state index in [0.717, 1.165) is 45.9 Å². The number of aliphatic imine (C=N–C) groups is 1. The lowest BCUT2D eigenvalue weighted by Gasteiger charge is -2.15. The van der Waals surface area contributed by atoms with E-state index in [1.54, 1.807) is 24.4 Å². The van der Waals surface area contributed by atoms with Crippen molar-refractivity contribution in [2.24, 2.45) is 10.1 Å². The molecule has 0 fully saturated rings. The summed E-state index contributed by atoms with van der Waals surface area (Å²) >= 11 is 3.55. The highest BCUT2D eigenvalue weighted by molar-refractivity contribution is 9.10. The molecule has 0 saturated carbocycles. The molecule has 0 unspecified atom stereocenters. The average Bonchev–Trinajstić information content (AvgIpc) is 3.41. The van der Waals surface area contributed by atoms with Crippen molar-refractivity contribution < 1.29 is 16.8 Å². The van der Waals surface area contributed by atoms with E-state index < -0.39 is 20.0 Å². The summed E-state index contributed by atoms with van der Waals surface area (Å²) in [5, 5.41) is 8.58. The van der Waals surface area contributed by atoms with Gasteiger partial charge in [0.25, 0.3) is 0 Å². The van der Waals surface area contributed by atoms with E-state index in [1.165, 1.54) is 12.1 Å². The molecule has 1 aliphatic rings. The summed E-state index contributed by atoms with van der Waals surface area (Å²) in [5.74, 6) is 0. The van der Waals surface area contributed by atoms with E-state index in [4.69, 9.17) is 10.1 Å². The van der Waals surface area contributed by atoms with E-state index in [-0.39, 0.29) is 4.90 Å². The SMILES string of the molecule is Cc1ccc(NS(C)(=O)=O)cc1-n1c(C)cc(C2=Nc3c(ncc(Br)c3Nc3cccc(S(N)(=O)=O)c3)C2)c1C. The van der Waals surface area contributed by atoms with Gasteiger partial charge in [-0.05, 0) is 78.7 Å². The highest BCUT2D eigenvalue weighted by Crippen LogP contribution is 2.41. The second kappa shape index (κ2) is 10.1. The molecule has 40 heavy (non-hydrogen) atoms. The van der Waals surface area contributed by atoms with Crippen molar-refractivity contribution in [1.82, 2.24) is 9.55 Å². The van der Waals surface area contributed by atoms with Crippen LogP contribution in [-0.2, 0) is 26.5 Å². The Bertz CT molecular complexity index is 1930. The van der Waals surface area contributed by atoms with Crippen molar-refractivity contribution in [2.75, 3.05) is 16.3 Å². The molecular weight excluding hydrogens is 616 g/mol. The maximum absolute atomic E-state index is 11.8. The molecule has 0 atom stereocenters. The highest BCUT2D eigenvalue weighted by Gasteiger charge is 2.26. The topological polar surface area (TPSA) is 149 Å². The summed E-state index contributed by atoms with van der Waals surface area (Å²) in [6, 6.07) is 13.8. The summed E-state index contributed by atoms with van der Waals surface area (Å²) in [7, 11) is -7.28. The Hall–Kier alpha value is -3.52. The van der Waals surface area contributed by atoms with Crippen LogP contribution in [0.2, 0.25) is 0 Å². The van der Waals surface area contributed by atoms with E-state index in [1.807, 2.05) is 32.9 Å². The van der Waals surface area contributed by atoms with Crippen molar-refractivity contribution in [3.8, 4) is 5.69 Å². The number of anilines is 3. The number of benzene rings is 2. The molecule has 5 rings (SSSR count). The smallest absolute Gasteiger partial charge is 0.238 e. The second-order valence-electron chi connectivity index (χ2n) is 9.71. The van der Waals surface area contributed by atoms with Gasteiger partial charge >= 0.3 is 0 Å². The molecule has 2 aromatic heterocycles. The van der Waals surface area contributed by atoms with Gasteiger partial charge in [0.2, 0.25) is 20.0 Å². The van der Waals surface area contributed by atoms with Crippen LogP contribution in [0.4, 0.5) is 22.7 Å². The lowest BCUT2D eigenvalue weighted by atomic mass is 10.1. The molecule has 2 aromatic carbocycles. The van der Waals surface area contributed by atoms with Crippen LogP contribution in [0, 0.1) is 20.8 Å². The Balaban J connectivity index is 1.54. The normalized spacial score (nSPS) is 13.2. The number of hydrogen-bond donors (Lipinski definition) is 3. The molecule has 1 aliphatic heterocycles. The van der Waals surface area contributed by atoms with Gasteiger partial charge in [-0.3, -0.25) is 9.71 Å². The number of halogens is 1. The molecule has 0 saturated heterocycles. The number of fused-ring (bicyclic) bond motifs is 1. The Morgan fingerprint density at radius 3 is 2.45 bits per heavy atom. The number of aryl methyl sites for hydroxylation is 2. The van der Waals surface area contributed by atoms with Gasteiger partial charge in [-0.1, -0.05) is 12.1 Å². The fourth-order valence-electron chi connectivity index (χ4n) is 4.82. The zero-order chi connectivity index (χ0) is 29.0. The van der Waals surface area contributed by atoms with Gasteiger partial charge in [0, 0.05) is 35.3 Å². The summed E-state index contributed by atoms with van der Waals surface area (Å²) in [5.41, 5.74) is 8.70. The van der Waals surface area contributed by atoms with Gasteiger partial charge in [0.05, 0.1) is 44.1 Å². The minimum absolute atomic E-state index is 0.00190. The van der Waals surface area contributed by atoms with E-state index in [0.29, 0.717) is 33.6 Å². The van der Waals surface area contributed by atoms with Gasteiger partial charge in [0.15, 0.2) is 0 Å². The van der Waals surface area contributed by atoms with E-state index in [9.17, 15) is 16.8 Å². The molecule has 4 aromatic rings. The standard InChI is InChI=1S/C27H27BrN6O4S2/c1-15-8-9-19(33-39(4,35)36)12-25(15)34-16(2)10-21(17(34)3)23-13-24-27(32-23)26(22(28)14-30-24)31-18-6-5-7-20(11-18)40(29,37)38/h5-12,14,33H,13H2,1-4H3,(H,30,31)(H2,29,37,38). The average molecular weight is 644 g/mol. The molecular formula is C27H27BrN6O4S2. The third-order valence-electron chi connectivity index (χ3n) is 6.59. The third-order valence-corrected chi connectivity index (χ3v) is 8.71. The maximum atomic E-state index is 11.8. The Morgan fingerprint density at radius 1 is 1.00 bits per heavy atom. The van der Waals surface area contributed by atoms with Gasteiger partial charge in [0.1, 0.15) is 5.69 Å². The van der Waals surface area contributed by atoms with Crippen LogP contribution in [0.25, 0.3) is 5.69 Å². The van der Waals surface area contributed by atoms with Gasteiger partial charge in [-0.25, -0.2) is 27.0 Å². The van der Waals surface area contributed by atoms with Crippen LogP contribution in [0.15, 0.2) is 69.1 Å². The maximum Gasteiger partial charge on any atom is 0.238 e. The van der Waals surface area contributed by atoms with Crippen LogP contribution in [0.1, 0.15) is 28.2 Å². The summed E-state index contributed by atoms with van der Waals surface area (Å²) in [4.78, 5) is 9.54. The second-order valence-corrected chi connectivity index (χ2v) is 13.9. The first-order valence-electron chi connectivity index (χ1n) is 12.1. The lowest BCUT2D eigenvalue weighted by molar-refractivity contribution is 0.597. The molecule has 0 aliphatic carbocycles. The van der Waals surface area contributed by atoms with Crippen LogP contribution in [0.5, 0.6) is 0 Å². The van der Waals surface area contributed by atoms with Crippen molar-refractivity contribution in [2.45, 2.75) is 32.1 Å². The number of rotatable bonds is 7. The number of nitrogens with one attached hydrogen (secondary N) is 2. The Morgan fingerprint density at radius 2 is 1.75 bits per heavy atom. The number of pyridine rings is 1. The predicted molar refractivity (Wildman–Crippen MR) is 161 cm³/mol. The molecule has 0 amide bonds. The molecule has 0 radical (unpaired) electrons.